The summed E-state index contributed by atoms with van der Waals surface area (Å²) in [5, 5.41) is 15.3. The normalized spacial score (nSPS) is 16.9. The van der Waals surface area contributed by atoms with E-state index in [-0.39, 0.29) is 11.3 Å². The zero-order valence-electron chi connectivity index (χ0n) is 14.2. The lowest BCUT2D eigenvalue weighted by atomic mass is 10.0. The molecule has 2 aromatic rings. The number of esters is 1. The molecule has 1 aromatic carbocycles. The first-order valence-electron chi connectivity index (χ1n) is 8.07. The summed E-state index contributed by atoms with van der Waals surface area (Å²) in [5.74, 6) is -0.208. The number of rotatable bonds is 5. The highest BCUT2D eigenvalue weighted by atomic mass is 16.6. The Balaban J connectivity index is 1.76. The number of carbonyl (C=O) groups excluding carboxylic acids is 1. The van der Waals surface area contributed by atoms with Crippen molar-refractivity contribution in [3.8, 4) is 0 Å². The van der Waals surface area contributed by atoms with E-state index in [0.29, 0.717) is 5.92 Å². The minimum Gasteiger partial charge on any atom is -0.465 e. The SMILES string of the molecule is COC(=O)c1cc(N2CCC(Cc3cnn(C)c3)C2)ccc1[N+](=O)[O-]. The minimum absolute atomic E-state index is 0.0132. The number of aryl methyl sites for hydroxylation is 1. The van der Waals surface area contributed by atoms with Crippen LogP contribution in [-0.4, -0.2) is 40.9 Å². The van der Waals surface area contributed by atoms with Crippen LogP contribution >= 0.6 is 0 Å². The molecule has 0 spiro atoms. The topological polar surface area (TPSA) is 90.5 Å². The van der Waals surface area contributed by atoms with Gasteiger partial charge in [-0.05, 0) is 36.5 Å². The third-order valence-electron chi connectivity index (χ3n) is 4.52. The summed E-state index contributed by atoms with van der Waals surface area (Å²) in [6.45, 7) is 1.69. The monoisotopic (exact) mass is 344 g/mol. The molecule has 1 aliphatic heterocycles. The quantitative estimate of drug-likeness (QED) is 0.469. The number of anilines is 1. The van der Waals surface area contributed by atoms with Gasteiger partial charge in [0, 0.05) is 38.1 Å². The number of benzene rings is 1. The van der Waals surface area contributed by atoms with Crippen molar-refractivity contribution in [1.82, 2.24) is 9.78 Å². The van der Waals surface area contributed by atoms with E-state index in [1.807, 2.05) is 19.4 Å². The lowest BCUT2D eigenvalue weighted by molar-refractivity contribution is -0.385. The molecule has 1 aromatic heterocycles. The first-order valence-corrected chi connectivity index (χ1v) is 8.07. The van der Waals surface area contributed by atoms with E-state index in [1.54, 1.807) is 16.8 Å². The van der Waals surface area contributed by atoms with Gasteiger partial charge >= 0.3 is 5.97 Å². The van der Waals surface area contributed by atoms with Gasteiger partial charge in [-0.25, -0.2) is 4.79 Å². The average Bonchev–Trinajstić information content (AvgIpc) is 3.23. The number of carbonyl (C=O) groups is 1. The van der Waals surface area contributed by atoms with Gasteiger partial charge in [-0.15, -0.1) is 0 Å². The second-order valence-corrected chi connectivity index (χ2v) is 6.28. The van der Waals surface area contributed by atoms with Crippen LogP contribution in [-0.2, 0) is 18.2 Å². The van der Waals surface area contributed by atoms with Crippen LogP contribution in [0.15, 0.2) is 30.6 Å². The molecule has 8 nitrogen and oxygen atoms in total. The molecule has 1 unspecified atom stereocenters. The standard InChI is InChI=1S/C17H20N4O4/c1-19-10-13(9-18-19)7-12-5-6-20(11-12)14-3-4-16(21(23)24)15(8-14)17(22)25-2/h3-4,8-10,12H,5-7,11H2,1-2H3. The number of hydrogen-bond donors (Lipinski definition) is 0. The fraction of sp³-hybridized carbons (Fsp3) is 0.412. The highest BCUT2D eigenvalue weighted by Gasteiger charge is 2.27. The van der Waals surface area contributed by atoms with E-state index in [0.717, 1.165) is 31.6 Å². The fourth-order valence-electron chi connectivity index (χ4n) is 3.30. The number of methoxy groups -OCH3 is 1. The van der Waals surface area contributed by atoms with Crippen LogP contribution in [0.1, 0.15) is 22.3 Å². The van der Waals surface area contributed by atoms with Crippen LogP contribution in [0, 0.1) is 16.0 Å². The third kappa shape index (κ3) is 3.62. The molecule has 1 fully saturated rings. The molecule has 0 N–H and O–H groups in total. The Hall–Kier alpha value is -2.90. The molecule has 3 rings (SSSR count). The molecule has 1 atom stereocenters. The van der Waals surface area contributed by atoms with Gasteiger partial charge in [0.2, 0.25) is 0 Å². The first kappa shape index (κ1) is 16.9. The Morgan fingerprint density at radius 2 is 2.28 bits per heavy atom. The predicted octanol–water partition coefficient (Wildman–Crippen LogP) is 2.18. The Kier molecular flexibility index (Phi) is 4.69. The summed E-state index contributed by atoms with van der Waals surface area (Å²) in [6.07, 6.45) is 5.87. The van der Waals surface area contributed by atoms with E-state index in [4.69, 9.17) is 0 Å². The van der Waals surface area contributed by atoms with Crippen LogP contribution in [0.2, 0.25) is 0 Å². The van der Waals surface area contributed by atoms with E-state index in [9.17, 15) is 14.9 Å². The molecule has 0 amide bonds. The van der Waals surface area contributed by atoms with Crippen molar-refractivity contribution >= 4 is 17.3 Å². The van der Waals surface area contributed by atoms with Gasteiger partial charge in [0.25, 0.3) is 5.69 Å². The molecule has 1 aliphatic rings. The Labute approximate surface area is 145 Å². The van der Waals surface area contributed by atoms with E-state index in [2.05, 4.69) is 14.7 Å². The number of hydrogen-bond acceptors (Lipinski definition) is 6. The average molecular weight is 344 g/mol. The van der Waals surface area contributed by atoms with E-state index < -0.39 is 10.9 Å². The minimum atomic E-state index is -0.695. The molecule has 0 bridgehead atoms. The second-order valence-electron chi connectivity index (χ2n) is 6.28. The van der Waals surface area contributed by atoms with Crippen LogP contribution in [0.4, 0.5) is 11.4 Å². The Morgan fingerprint density at radius 3 is 2.92 bits per heavy atom. The van der Waals surface area contributed by atoms with Gasteiger partial charge in [0.15, 0.2) is 0 Å². The smallest absolute Gasteiger partial charge is 0.344 e. The Morgan fingerprint density at radius 1 is 1.48 bits per heavy atom. The number of nitro groups is 1. The van der Waals surface area contributed by atoms with Crippen LogP contribution < -0.4 is 4.90 Å². The van der Waals surface area contributed by atoms with Gasteiger partial charge in [0.1, 0.15) is 5.56 Å². The number of nitro benzene ring substituents is 1. The van der Waals surface area contributed by atoms with Crippen molar-refractivity contribution < 1.29 is 14.5 Å². The van der Waals surface area contributed by atoms with Crippen molar-refractivity contribution in [2.45, 2.75) is 12.8 Å². The van der Waals surface area contributed by atoms with Crippen molar-refractivity contribution in [3.05, 3.63) is 51.8 Å². The lowest BCUT2D eigenvalue weighted by Crippen LogP contribution is -2.21. The predicted molar refractivity (Wildman–Crippen MR) is 91.7 cm³/mol. The molecule has 8 heteroatoms. The maximum Gasteiger partial charge on any atom is 0.344 e. The molecule has 0 aliphatic carbocycles. The lowest BCUT2D eigenvalue weighted by Gasteiger charge is -2.19. The zero-order chi connectivity index (χ0) is 18.0. The number of nitrogens with zero attached hydrogens (tertiary/aromatic N) is 4. The molecule has 132 valence electrons. The zero-order valence-corrected chi connectivity index (χ0v) is 14.2. The van der Waals surface area contributed by atoms with Crippen molar-refractivity contribution in [3.63, 3.8) is 0 Å². The summed E-state index contributed by atoms with van der Waals surface area (Å²) in [7, 11) is 3.12. The maximum atomic E-state index is 11.9. The Bertz CT molecular complexity index is 802. The molecule has 0 radical (unpaired) electrons. The fourth-order valence-corrected chi connectivity index (χ4v) is 3.30. The summed E-state index contributed by atoms with van der Waals surface area (Å²) in [5.41, 5.74) is 1.76. The summed E-state index contributed by atoms with van der Waals surface area (Å²) in [4.78, 5) is 24.6. The van der Waals surface area contributed by atoms with E-state index >= 15 is 0 Å². The molecule has 2 heterocycles. The van der Waals surface area contributed by atoms with Crippen LogP contribution in [0.5, 0.6) is 0 Å². The highest BCUT2D eigenvalue weighted by Crippen LogP contribution is 2.30. The maximum absolute atomic E-state index is 11.9. The van der Waals surface area contributed by atoms with Gasteiger partial charge in [-0.2, -0.15) is 5.10 Å². The summed E-state index contributed by atoms with van der Waals surface area (Å²) < 4.78 is 6.47. The summed E-state index contributed by atoms with van der Waals surface area (Å²) in [6, 6.07) is 4.61. The first-order chi connectivity index (χ1) is 12.0. The van der Waals surface area contributed by atoms with Gasteiger partial charge in [0.05, 0.1) is 18.2 Å². The van der Waals surface area contributed by atoms with Crippen LogP contribution in [0.25, 0.3) is 0 Å². The van der Waals surface area contributed by atoms with Gasteiger partial charge < -0.3 is 9.64 Å². The number of ether oxygens (including phenoxy) is 1. The largest absolute Gasteiger partial charge is 0.465 e. The molecule has 1 saturated heterocycles. The number of aromatic nitrogens is 2. The second kappa shape index (κ2) is 6.92. The van der Waals surface area contributed by atoms with Gasteiger partial charge in [-0.3, -0.25) is 14.8 Å². The van der Waals surface area contributed by atoms with Crippen LogP contribution in [0.3, 0.4) is 0 Å². The van der Waals surface area contributed by atoms with Crippen molar-refractivity contribution in [2.24, 2.45) is 13.0 Å². The van der Waals surface area contributed by atoms with Gasteiger partial charge in [-0.1, -0.05) is 0 Å². The van der Waals surface area contributed by atoms with E-state index in [1.165, 1.54) is 18.7 Å². The molecule has 25 heavy (non-hydrogen) atoms. The third-order valence-corrected chi connectivity index (χ3v) is 4.52. The molecular formula is C17H20N4O4. The molecule has 0 saturated carbocycles. The highest BCUT2D eigenvalue weighted by molar-refractivity contribution is 5.95. The summed E-state index contributed by atoms with van der Waals surface area (Å²) >= 11 is 0. The molecular weight excluding hydrogens is 324 g/mol. The van der Waals surface area contributed by atoms with Crippen molar-refractivity contribution in [1.29, 1.82) is 0 Å². The van der Waals surface area contributed by atoms with Crippen molar-refractivity contribution in [2.75, 3.05) is 25.1 Å².